The summed E-state index contributed by atoms with van der Waals surface area (Å²) in [6.07, 6.45) is 3.02. The zero-order valence-electron chi connectivity index (χ0n) is 9.88. The molecule has 0 aliphatic carbocycles. The van der Waals surface area contributed by atoms with Crippen LogP contribution < -0.4 is 16.4 Å². The summed E-state index contributed by atoms with van der Waals surface area (Å²) in [5.74, 6) is -4.06. The lowest BCUT2D eigenvalue weighted by molar-refractivity contribution is -0.146. The number of barbiturate groups is 1. The fourth-order valence-corrected chi connectivity index (χ4v) is 0.963. The summed E-state index contributed by atoms with van der Waals surface area (Å²) >= 11 is 0. The number of hydrogen-bond acceptors (Lipinski definition) is 6. The Bertz CT molecular complexity index is 534. The van der Waals surface area contributed by atoms with E-state index in [0.29, 0.717) is 5.56 Å². The minimum absolute atomic E-state index is 0. The highest BCUT2D eigenvalue weighted by Crippen LogP contribution is 1.91. The van der Waals surface area contributed by atoms with Gasteiger partial charge in [-0.15, -0.1) is 0 Å². The molecule has 1 saturated heterocycles. The van der Waals surface area contributed by atoms with Gasteiger partial charge in [0.15, 0.2) is 0 Å². The Morgan fingerprint density at radius 3 is 2.00 bits per heavy atom. The van der Waals surface area contributed by atoms with Crippen LogP contribution in [0.15, 0.2) is 24.5 Å². The third kappa shape index (κ3) is 4.62. The van der Waals surface area contributed by atoms with Crippen LogP contribution in [0.2, 0.25) is 0 Å². The number of nitrogens with two attached hydrogens (primary N) is 1. The molecular formula is C10H10N4O6. The van der Waals surface area contributed by atoms with Crippen LogP contribution in [0.1, 0.15) is 10.4 Å². The molecule has 20 heavy (non-hydrogen) atoms. The highest BCUT2D eigenvalue weighted by Gasteiger charge is 2.31. The number of ketones is 1. The molecule has 0 atom stereocenters. The number of nitrogens with zero attached hydrogens (tertiary/aromatic N) is 1. The number of imide groups is 2. The summed E-state index contributed by atoms with van der Waals surface area (Å²) in [5.41, 5.74) is 5.38. The largest absolute Gasteiger partial charge is 0.412 e. The van der Waals surface area contributed by atoms with Crippen molar-refractivity contribution in [1.29, 1.82) is 0 Å². The Kier molecular flexibility index (Phi) is 6.18. The molecule has 106 valence electrons. The number of rotatable bonds is 1. The van der Waals surface area contributed by atoms with Crippen LogP contribution in [0.3, 0.4) is 0 Å². The monoisotopic (exact) mass is 282 g/mol. The van der Waals surface area contributed by atoms with Crippen molar-refractivity contribution in [3.05, 3.63) is 30.1 Å². The van der Waals surface area contributed by atoms with Crippen LogP contribution in [-0.4, -0.2) is 40.0 Å². The smallest absolute Gasteiger partial charge is 0.328 e. The van der Waals surface area contributed by atoms with Crippen molar-refractivity contribution >= 4 is 29.5 Å². The first-order valence-electron chi connectivity index (χ1n) is 4.82. The number of nitrogens with one attached hydrogen (secondary N) is 2. The van der Waals surface area contributed by atoms with Gasteiger partial charge in [0.2, 0.25) is 5.91 Å². The third-order valence-electron chi connectivity index (χ3n) is 1.81. The lowest BCUT2D eigenvalue weighted by Gasteiger charge is -2.07. The molecule has 0 spiro atoms. The molecule has 6 N–H and O–H groups in total. The van der Waals surface area contributed by atoms with Gasteiger partial charge in [-0.05, 0) is 12.1 Å². The van der Waals surface area contributed by atoms with Crippen LogP contribution >= 0.6 is 0 Å². The van der Waals surface area contributed by atoms with Gasteiger partial charge in [-0.25, -0.2) is 4.79 Å². The van der Waals surface area contributed by atoms with E-state index in [-0.39, 0.29) is 5.48 Å². The van der Waals surface area contributed by atoms with Gasteiger partial charge in [0, 0.05) is 12.4 Å². The lowest BCUT2D eigenvalue weighted by Crippen LogP contribution is -2.56. The highest BCUT2D eigenvalue weighted by atomic mass is 16.2. The number of carbonyl (C=O) groups is 5. The minimum atomic E-state index is -1.25. The highest BCUT2D eigenvalue weighted by molar-refractivity contribution is 6.66. The molecule has 10 nitrogen and oxygen atoms in total. The molecule has 2 rings (SSSR count). The summed E-state index contributed by atoms with van der Waals surface area (Å²) in [7, 11) is 0. The number of pyridine rings is 1. The normalized spacial score (nSPS) is 13.2. The fraction of sp³-hybridized carbons (Fsp3) is 0. The summed E-state index contributed by atoms with van der Waals surface area (Å²) in [6.45, 7) is 0. The maximum atomic E-state index is 10.4. The molecule has 5 amide bonds. The van der Waals surface area contributed by atoms with Gasteiger partial charge in [-0.3, -0.25) is 34.8 Å². The average molecular weight is 282 g/mol. The second-order valence-electron chi connectivity index (χ2n) is 3.17. The van der Waals surface area contributed by atoms with Crippen LogP contribution in [-0.2, 0) is 14.4 Å². The van der Waals surface area contributed by atoms with Gasteiger partial charge in [0.1, 0.15) is 0 Å². The van der Waals surface area contributed by atoms with Crippen molar-refractivity contribution in [2.75, 3.05) is 0 Å². The van der Waals surface area contributed by atoms with Gasteiger partial charge < -0.3 is 11.2 Å². The number of hydrogen-bond donors (Lipinski definition) is 3. The van der Waals surface area contributed by atoms with Crippen molar-refractivity contribution in [1.82, 2.24) is 15.6 Å². The molecule has 0 bridgehead atoms. The molecule has 0 saturated carbocycles. The van der Waals surface area contributed by atoms with Gasteiger partial charge in [0.25, 0.3) is 0 Å². The molecule has 0 radical (unpaired) electrons. The molecule has 0 unspecified atom stereocenters. The minimum Gasteiger partial charge on any atom is -0.412 e. The molecule has 1 fully saturated rings. The zero-order chi connectivity index (χ0) is 14.4. The summed E-state index contributed by atoms with van der Waals surface area (Å²) in [6, 6.07) is 2.32. The van der Waals surface area contributed by atoms with E-state index in [4.69, 9.17) is 5.73 Å². The molecule has 1 aromatic heterocycles. The van der Waals surface area contributed by atoms with E-state index >= 15 is 0 Å². The SMILES string of the molecule is NC(=O)c1cccnc1.O.O=C1NC(=O)C(=O)C(=O)N1. The van der Waals surface area contributed by atoms with Gasteiger partial charge in [-0.2, -0.15) is 0 Å². The van der Waals surface area contributed by atoms with Crippen LogP contribution in [0.25, 0.3) is 0 Å². The molecule has 0 aromatic carbocycles. The van der Waals surface area contributed by atoms with E-state index in [0.717, 1.165) is 0 Å². The topological polar surface area (TPSA) is 180 Å². The van der Waals surface area contributed by atoms with E-state index in [2.05, 4.69) is 4.98 Å². The second-order valence-corrected chi connectivity index (χ2v) is 3.17. The lowest BCUT2D eigenvalue weighted by atomic mass is 10.3. The Labute approximate surface area is 111 Å². The van der Waals surface area contributed by atoms with Crippen molar-refractivity contribution in [3.8, 4) is 0 Å². The van der Waals surface area contributed by atoms with Crippen LogP contribution in [0.4, 0.5) is 4.79 Å². The number of primary amides is 1. The Hall–Kier alpha value is -3.14. The van der Waals surface area contributed by atoms with Crippen molar-refractivity contribution in [3.63, 3.8) is 0 Å². The maximum Gasteiger partial charge on any atom is 0.328 e. The molecular weight excluding hydrogens is 272 g/mol. The van der Waals surface area contributed by atoms with E-state index in [9.17, 15) is 24.0 Å². The molecule has 1 aliphatic rings. The number of amides is 5. The van der Waals surface area contributed by atoms with Crippen molar-refractivity contribution in [2.24, 2.45) is 5.73 Å². The standard InChI is InChI=1S/C6H6N2O.C4H2N2O4.H2O/c7-6(9)5-2-1-3-8-4-5;7-1-2(8)5-4(10)6-3(1)9;/h1-4H,(H2,7,9);(H2,5,6,8,9,10);1H2. The number of carbonyl (C=O) groups excluding carboxylic acids is 5. The predicted octanol–water partition coefficient (Wildman–Crippen LogP) is -2.72. The van der Waals surface area contributed by atoms with Crippen LogP contribution in [0.5, 0.6) is 0 Å². The summed E-state index contributed by atoms with van der Waals surface area (Å²) in [5, 5.41) is 3.20. The summed E-state index contributed by atoms with van der Waals surface area (Å²) < 4.78 is 0. The van der Waals surface area contributed by atoms with E-state index in [1.165, 1.54) is 6.20 Å². The number of Topliss-reactive ketones (excluding diaryl/α,β-unsaturated/α-hetero) is 1. The quantitative estimate of drug-likeness (QED) is 0.470. The first-order valence-corrected chi connectivity index (χ1v) is 4.82. The van der Waals surface area contributed by atoms with Crippen LogP contribution in [0, 0.1) is 0 Å². The number of aromatic nitrogens is 1. The van der Waals surface area contributed by atoms with Gasteiger partial charge in [0.05, 0.1) is 5.56 Å². The maximum absolute atomic E-state index is 10.4. The fourth-order valence-electron chi connectivity index (χ4n) is 0.963. The average Bonchev–Trinajstić information content (AvgIpc) is 2.37. The summed E-state index contributed by atoms with van der Waals surface area (Å²) in [4.78, 5) is 55.1. The molecule has 10 heteroatoms. The first kappa shape index (κ1) is 16.9. The second kappa shape index (κ2) is 7.33. The predicted molar refractivity (Wildman–Crippen MR) is 63.1 cm³/mol. The van der Waals surface area contributed by atoms with E-state index in [1.807, 2.05) is 0 Å². The van der Waals surface area contributed by atoms with Crippen molar-refractivity contribution < 1.29 is 29.4 Å². The van der Waals surface area contributed by atoms with E-state index < -0.39 is 29.5 Å². The van der Waals surface area contributed by atoms with Gasteiger partial charge in [-0.1, -0.05) is 0 Å². The molecule has 1 aliphatic heterocycles. The Morgan fingerprint density at radius 2 is 1.65 bits per heavy atom. The first-order chi connectivity index (χ1) is 8.91. The van der Waals surface area contributed by atoms with Gasteiger partial charge >= 0.3 is 23.6 Å². The molecule has 1 aromatic rings. The Balaban J connectivity index is 0.000000345. The zero-order valence-corrected chi connectivity index (χ0v) is 9.88. The molecule has 2 heterocycles. The Morgan fingerprint density at radius 1 is 1.10 bits per heavy atom. The number of urea groups is 1. The van der Waals surface area contributed by atoms with Crippen molar-refractivity contribution in [2.45, 2.75) is 0 Å². The third-order valence-corrected chi connectivity index (χ3v) is 1.81. The van der Waals surface area contributed by atoms with E-state index in [1.54, 1.807) is 29.0 Å².